The summed E-state index contributed by atoms with van der Waals surface area (Å²) < 4.78 is 1.65. The molecule has 0 unspecified atom stereocenters. The Bertz CT molecular complexity index is 1230. The first-order chi connectivity index (χ1) is 13.5. The maximum Gasteiger partial charge on any atom is 0.269 e. The predicted octanol–water partition coefficient (Wildman–Crippen LogP) is 1.50. The van der Waals surface area contributed by atoms with Crippen molar-refractivity contribution in [2.45, 2.75) is 12.5 Å². The van der Waals surface area contributed by atoms with E-state index in [1.54, 1.807) is 17.7 Å². The predicted molar refractivity (Wildman–Crippen MR) is 102 cm³/mol. The van der Waals surface area contributed by atoms with Gasteiger partial charge in [-0.3, -0.25) is 9.89 Å². The van der Waals surface area contributed by atoms with E-state index >= 15 is 0 Å². The van der Waals surface area contributed by atoms with E-state index in [9.17, 15) is 9.90 Å². The molecule has 1 atom stereocenters. The number of benzene rings is 2. The van der Waals surface area contributed by atoms with Crippen molar-refractivity contribution < 1.29 is 9.90 Å². The van der Waals surface area contributed by atoms with Crippen LogP contribution in [0.15, 0.2) is 54.7 Å². The molecule has 138 valence electrons. The lowest BCUT2D eigenvalue weighted by atomic mass is 10.0. The molecule has 0 saturated carbocycles. The number of nitrogens with zero attached hydrogens (tertiary/aromatic N) is 4. The van der Waals surface area contributed by atoms with E-state index in [0.29, 0.717) is 16.6 Å². The third-order valence-corrected chi connectivity index (χ3v) is 4.28. The molecule has 28 heavy (non-hydrogen) atoms. The Labute approximate surface area is 160 Å². The number of nitrogens with two attached hydrogens (primary N) is 1. The van der Waals surface area contributed by atoms with Gasteiger partial charge in [-0.25, -0.2) is 4.68 Å². The molecule has 8 nitrogen and oxygen atoms in total. The van der Waals surface area contributed by atoms with Crippen molar-refractivity contribution in [2.24, 2.45) is 5.73 Å². The second-order valence-electron chi connectivity index (χ2n) is 6.37. The molecule has 0 aliphatic carbocycles. The fourth-order valence-electron chi connectivity index (χ4n) is 2.86. The summed E-state index contributed by atoms with van der Waals surface area (Å²) in [6, 6.07) is 14.7. The summed E-state index contributed by atoms with van der Waals surface area (Å²) >= 11 is 0. The van der Waals surface area contributed by atoms with E-state index in [1.165, 1.54) is 6.20 Å². The molecule has 4 rings (SSSR count). The summed E-state index contributed by atoms with van der Waals surface area (Å²) in [6.07, 6.45) is 1.49. The quantitative estimate of drug-likeness (QED) is 0.470. The van der Waals surface area contributed by atoms with Gasteiger partial charge < -0.3 is 10.8 Å². The zero-order valence-corrected chi connectivity index (χ0v) is 14.9. The molecule has 0 saturated heterocycles. The van der Waals surface area contributed by atoms with Crippen LogP contribution < -0.4 is 5.73 Å². The first-order valence-electron chi connectivity index (χ1n) is 8.46. The lowest BCUT2D eigenvalue weighted by Gasteiger charge is -2.11. The molecule has 4 aromatic rings. The number of primary amides is 1. The smallest absolute Gasteiger partial charge is 0.269 e. The Balaban J connectivity index is 1.76. The van der Waals surface area contributed by atoms with Gasteiger partial charge in [0, 0.05) is 17.1 Å². The number of para-hydroxylation sites is 1. The van der Waals surface area contributed by atoms with E-state index in [-0.39, 0.29) is 5.69 Å². The topological polar surface area (TPSA) is 123 Å². The number of amides is 1. The fourth-order valence-corrected chi connectivity index (χ4v) is 2.86. The van der Waals surface area contributed by atoms with Crippen LogP contribution in [-0.2, 0) is 5.60 Å². The molecule has 2 aromatic heterocycles. The summed E-state index contributed by atoms with van der Waals surface area (Å²) in [5, 5.41) is 25.5. The van der Waals surface area contributed by atoms with Crippen LogP contribution >= 0.6 is 0 Å². The van der Waals surface area contributed by atoms with Crippen LogP contribution in [0.5, 0.6) is 0 Å². The number of aromatic nitrogens is 5. The number of H-pyrrole nitrogens is 1. The Morgan fingerprint density at radius 2 is 2.07 bits per heavy atom. The van der Waals surface area contributed by atoms with Crippen molar-refractivity contribution in [1.82, 2.24) is 25.2 Å². The number of carbonyl (C=O) groups is 1. The number of carbonyl (C=O) groups excluding carboxylic acids is 1. The second-order valence-corrected chi connectivity index (χ2v) is 6.37. The fraction of sp³-hybridized carbons (Fsp3) is 0.100. The molecule has 2 heterocycles. The molecule has 8 heteroatoms. The number of fused-ring (bicyclic) bond motifs is 1. The van der Waals surface area contributed by atoms with Gasteiger partial charge in [-0.15, -0.1) is 5.10 Å². The lowest BCUT2D eigenvalue weighted by molar-refractivity contribution is 0.0996. The van der Waals surface area contributed by atoms with E-state index in [1.807, 2.05) is 42.5 Å². The van der Waals surface area contributed by atoms with Gasteiger partial charge in [-0.05, 0) is 31.2 Å². The Morgan fingerprint density at radius 1 is 1.25 bits per heavy atom. The lowest BCUT2D eigenvalue weighted by Crippen LogP contribution is -2.19. The van der Waals surface area contributed by atoms with E-state index < -0.39 is 11.5 Å². The van der Waals surface area contributed by atoms with Gasteiger partial charge in [0.05, 0.1) is 11.2 Å². The van der Waals surface area contributed by atoms with Crippen molar-refractivity contribution in [3.8, 4) is 17.5 Å². The number of hydrogen-bond acceptors (Lipinski definition) is 5. The number of rotatable bonds is 3. The molecule has 2 aromatic carbocycles. The van der Waals surface area contributed by atoms with Crippen molar-refractivity contribution in [3.63, 3.8) is 0 Å². The van der Waals surface area contributed by atoms with Crippen molar-refractivity contribution in [2.75, 3.05) is 0 Å². The zero-order chi connectivity index (χ0) is 19.7. The van der Waals surface area contributed by atoms with Gasteiger partial charge in [0.1, 0.15) is 5.69 Å². The minimum Gasteiger partial charge on any atom is -0.372 e. The minimum atomic E-state index is -1.44. The summed E-state index contributed by atoms with van der Waals surface area (Å²) in [6.45, 7) is 1.54. The van der Waals surface area contributed by atoms with E-state index in [2.05, 4.69) is 32.4 Å². The number of aromatic amines is 1. The van der Waals surface area contributed by atoms with E-state index in [0.717, 1.165) is 11.2 Å². The van der Waals surface area contributed by atoms with Gasteiger partial charge in [0.15, 0.2) is 11.3 Å². The summed E-state index contributed by atoms with van der Waals surface area (Å²) in [4.78, 5) is 11.7. The minimum absolute atomic E-state index is 0.209. The average molecular weight is 372 g/mol. The van der Waals surface area contributed by atoms with Gasteiger partial charge in [0.25, 0.3) is 5.91 Å². The molecule has 0 aliphatic rings. The number of nitrogens with one attached hydrogen (secondary N) is 1. The van der Waals surface area contributed by atoms with Gasteiger partial charge in [-0.1, -0.05) is 41.3 Å². The van der Waals surface area contributed by atoms with E-state index in [4.69, 9.17) is 5.73 Å². The highest BCUT2D eigenvalue weighted by atomic mass is 16.3. The van der Waals surface area contributed by atoms with Crippen LogP contribution in [0.4, 0.5) is 0 Å². The maximum atomic E-state index is 11.7. The van der Waals surface area contributed by atoms with Crippen molar-refractivity contribution in [3.05, 3.63) is 71.7 Å². The van der Waals surface area contributed by atoms with Crippen molar-refractivity contribution in [1.29, 1.82) is 0 Å². The summed E-state index contributed by atoms with van der Waals surface area (Å²) in [7, 11) is 0. The third kappa shape index (κ3) is 3.11. The van der Waals surface area contributed by atoms with Crippen LogP contribution in [0.1, 0.15) is 28.7 Å². The molecule has 0 spiro atoms. The van der Waals surface area contributed by atoms with Gasteiger partial charge >= 0.3 is 0 Å². The first kappa shape index (κ1) is 17.5. The standard InChI is InChI=1S/C20H16N6O2/c1-20(28,17-12-22-25-23-17)10-9-13-5-4-6-14(11-13)26-16-8-3-2-7-15(16)18(24-26)19(21)27/h2-8,11-12,28H,1H3,(H2,21,27)(H,22,23,25)/t20-/m1/s1. The number of hydrogen-bond donors (Lipinski definition) is 3. The first-order valence-corrected chi connectivity index (χ1v) is 8.46. The normalized spacial score (nSPS) is 12.9. The number of aliphatic hydroxyl groups is 1. The maximum absolute atomic E-state index is 11.7. The highest BCUT2D eigenvalue weighted by Gasteiger charge is 2.23. The summed E-state index contributed by atoms with van der Waals surface area (Å²) in [5.41, 5.74) is 6.71. The average Bonchev–Trinajstić information content (AvgIpc) is 3.35. The molecule has 0 aliphatic heterocycles. The monoisotopic (exact) mass is 372 g/mol. The van der Waals surface area contributed by atoms with Crippen LogP contribution in [0.3, 0.4) is 0 Å². The van der Waals surface area contributed by atoms with Crippen LogP contribution in [0, 0.1) is 11.8 Å². The zero-order valence-electron chi connectivity index (χ0n) is 14.9. The third-order valence-electron chi connectivity index (χ3n) is 4.28. The van der Waals surface area contributed by atoms with Gasteiger partial charge in [-0.2, -0.15) is 5.10 Å². The van der Waals surface area contributed by atoms with Gasteiger partial charge in [0.2, 0.25) is 0 Å². The Kier molecular flexibility index (Phi) is 4.14. The Hall–Kier alpha value is -3.96. The van der Waals surface area contributed by atoms with Crippen LogP contribution in [0.25, 0.3) is 16.6 Å². The van der Waals surface area contributed by atoms with Crippen molar-refractivity contribution >= 4 is 16.8 Å². The van der Waals surface area contributed by atoms with Crippen LogP contribution in [0.2, 0.25) is 0 Å². The highest BCUT2D eigenvalue weighted by molar-refractivity contribution is 6.04. The highest BCUT2D eigenvalue weighted by Crippen LogP contribution is 2.22. The van der Waals surface area contributed by atoms with Crippen LogP contribution in [-0.4, -0.2) is 36.2 Å². The second kappa shape index (κ2) is 6.64. The largest absolute Gasteiger partial charge is 0.372 e. The summed E-state index contributed by atoms with van der Waals surface area (Å²) in [5.74, 6) is 5.15. The Morgan fingerprint density at radius 3 is 2.82 bits per heavy atom. The molecular weight excluding hydrogens is 356 g/mol. The molecule has 0 radical (unpaired) electrons. The molecular formula is C20H16N6O2. The SMILES string of the molecule is C[C@@](O)(C#Cc1cccc(-n2nc(C(N)=O)c3ccccc32)c1)c1c[nH]nn1. The molecule has 1 amide bonds. The molecule has 0 fully saturated rings. The molecule has 4 N–H and O–H groups in total. The molecule has 0 bridgehead atoms.